The van der Waals surface area contributed by atoms with Crippen LogP contribution in [0.2, 0.25) is 10.0 Å². The Hall–Kier alpha value is -1.29. The highest BCUT2D eigenvalue weighted by atomic mass is 35.5. The SMILES string of the molecule is CC(c1ccccc1Cl)N(C)c1cc(CN)c(Cl)cn1. The first-order chi connectivity index (χ1) is 9.54. The summed E-state index contributed by atoms with van der Waals surface area (Å²) in [5.74, 6) is 0.822. The van der Waals surface area contributed by atoms with Gasteiger partial charge in [0.2, 0.25) is 0 Å². The Morgan fingerprint density at radius 2 is 1.95 bits per heavy atom. The summed E-state index contributed by atoms with van der Waals surface area (Å²) in [6.45, 7) is 2.47. The summed E-state index contributed by atoms with van der Waals surface area (Å²) < 4.78 is 0. The van der Waals surface area contributed by atoms with Crippen molar-refractivity contribution in [2.45, 2.75) is 19.5 Å². The second-order valence-electron chi connectivity index (χ2n) is 4.65. The van der Waals surface area contributed by atoms with E-state index in [1.165, 1.54) is 0 Å². The maximum atomic E-state index is 6.25. The highest BCUT2D eigenvalue weighted by Crippen LogP contribution is 2.30. The van der Waals surface area contributed by atoms with E-state index in [9.17, 15) is 0 Å². The van der Waals surface area contributed by atoms with Crippen LogP contribution in [0.3, 0.4) is 0 Å². The third-order valence-electron chi connectivity index (χ3n) is 3.44. The Kier molecular flexibility index (Phi) is 4.86. The molecule has 1 unspecified atom stereocenters. The van der Waals surface area contributed by atoms with Gasteiger partial charge in [-0.15, -0.1) is 0 Å². The minimum Gasteiger partial charge on any atom is -0.353 e. The highest BCUT2D eigenvalue weighted by Gasteiger charge is 2.16. The third-order valence-corrected chi connectivity index (χ3v) is 4.12. The summed E-state index contributed by atoms with van der Waals surface area (Å²) >= 11 is 12.3. The van der Waals surface area contributed by atoms with Crippen LogP contribution in [-0.4, -0.2) is 12.0 Å². The average Bonchev–Trinajstić information content (AvgIpc) is 2.47. The summed E-state index contributed by atoms with van der Waals surface area (Å²) in [6.07, 6.45) is 1.63. The smallest absolute Gasteiger partial charge is 0.129 e. The van der Waals surface area contributed by atoms with Gasteiger partial charge >= 0.3 is 0 Å². The van der Waals surface area contributed by atoms with Crippen molar-refractivity contribution in [2.75, 3.05) is 11.9 Å². The van der Waals surface area contributed by atoms with Gasteiger partial charge in [0.15, 0.2) is 0 Å². The minimum atomic E-state index is 0.1000. The molecule has 1 heterocycles. The number of nitrogens with two attached hydrogens (primary N) is 1. The zero-order chi connectivity index (χ0) is 14.7. The molecule has 0 aliphatic rings. The minimum absolute atomic E-state index is 0.1000. The first-order valence-electron chi connectivity index (χ1n) is 6.36. The molecule has 106 valence electrons. The van der Waals surface area contributed by atoms with Gasteiger partial charge in [-0.2, -0.15) is 0 Å². The van der Waals surface area contributed by atoms with Crippen molar-refractivity contribution in [3.8, 4) is 0 Å². The average molecular weight is 310 g/mol. The van der Waals surface area contributed by atoms with Crippen LogP contribution in [0.15, 0.2) is 36.5 Å². The number of rotatable bonds is 4. The molecule has 0 bridgehead atoms. The van der Waals surface area contributed by atoms with Gasteiger partial charge in [0.05, 0.1) is 11.1 Å². The van der Waals surface area contributed by atoms with E-state index in [0.717, 1.165) is 22.0 Å². The van der Waals surface area contributed by atoms with E-state index in [2.05, 4.69) is 16.8 Å². The fourth-order valence-corrected chi connectivity index (χ4v) is 2.51. The maximum Gasteiger partial charge on any atom is 0.129 e. The largest absolute Gasteiger partial charge is 0.353 e. The zero-order valence-electron chi connectivity index (χ0n) is 11.5. The molecule has 3 nitrogen and oxygen atoms in total. The Morgan fingerprint density at radius 1 is 1.25 bits per heavy atom. The number of pyridine rings is 1. The fourth-order valence-electron chi connectivity index (χ4n) is 2.04. The van der Waals surface area contributed by atoms with Crippen molar-refractivity contribution in [2.24, 2.45) is 5.73 Å². The monoisotopic (exact) mass is 309 g/mol. The standard InChI is InChI=1S/C15H17Cl2N3/c1-10(12-5-3-4-6-13(12)16)20(2)15-7-11(8-18)14(17)9-19-15/h3-7,9-10H,8,18H2,1-2H3. The maximum absolute atomic E-state index is 6.25. The first kappa shape index (κ1) is 15.1. The number of anilines is 1. The molecule has 0 saturated carbocycles. The van der Waals surface area contributed by atoms with E-state index in [4.69, 9.17) is 28.9 Å². The Balaban J connectivity index is 2.31. The molecule has 0 radical (unpaired) electrons. The molecular formula is C15H17Cl2N3. The van der Waals surface area contributed by atoms with Gasteiger partial charge in [0.25, 0.3) is 0 Å². The van der Waals surface area contributed by atoms with Crippen molar-refractivity contribution in [3.63, 3.8) is 0 Å². The van der Waals surface area contributed by atoms with Crippen LogP contribution in [0.25, 0.3) is 0 Å². The summed E-state index contributed by atoms with van der Waals surface area (Å²) in [6, 6.07) is 9.82. The predicted molar refractivity (Wildman–Crippen MR) is 85.4 cm³/mol. The van der Waals surface area contributed by atoms with Crippen LogP contribution >= 0.6 is 23.2 Å². The first-order valence-corrected chi connectivity index (χ1v) is 7.12. The summed E-state index contributed by atoms with van der Waals surface area (Å²) in [4.78, 5) is 6.41. The molecule has 5 heteroatoms. The van der Waals surface area contributed by atoms with Gasteiger partial charge in [-0.1, -0.05) is 41.4 Å². The van der Waals surface area contributed by atoms with E-state index in [0.29, 0.717) is 11.6 Å². The molecule has 0 aliphatic carbocycles. The van der Waals surface area contributed by atoms with Crippen LogP contribution in [0.5, 0.6) is 0 Å². The highest BCUT2D eigenvalue weighted by molar-refractivity contribution is 6.31. The van der Waals surface area contributed by atoms with E-state index < -0.39 is 0 Å². The molecule has 2 N–H and O–H groups in total. The van der Waals surface area contributed by atoms with Crippen molar-refractivity contribution in [3.05, 3.63) is 57.7 Å². The Labute approximate surface area is 129 Å². The number of benzene rings is 1. The quantitative estimate of drug-likeness (QED) is 0.926. The van der Waals surface area contributed by atoms with Crippen LogP contribution in [0, 0.1) is 0 Å². The molecule has 0 aliphatic heterocycles. The van der Waals surface area contributed by atoms with Gasteiger partial charge in [-0.3, -0.25) is 0 Å². The lowest BCUT2D eigenvalue weighted by atomic mass is 10.1. The summed E-state index contributed by atoms with van der Waals surface area (Å²) in [7, 11) is 1.98. The molecule has 1 aromatic heterocycles. The lowest BCUT2D eigenvalue weighted by molar-refractivity contribution is 0.728. The molecule has 1 atom stereocenters. The second-order valence-corrected chi connectivity index (χ2v) is 5.46. The van der Waals surface area contributed by atoms with Gasteiger partial charge in [-0.25, -0.2) is 4.98 Å². The lowest BCUT2D eigenvalue weighted by Crippen LogP contribution is -2.23. The number of halogens is 2. The van der Waals surface area contributed by atoms with E-state index in [1.54, 1.807) is 6.20 Å². The van der Waals surface area contributed by atoms with Crippen LogP contribution in [0.1, 0.15) is 24.1 Å². The van der Waals surface area contributed by atoms with E-state index in [1.807, 2.05) is 37.4 Å². The molecular weight excluding hydrogens is 293 g/mol. The van der Waals surface area contributed by atoms with Crippen molar-refractivity contribution < 1.29 is 0 Å². The van der Waals surface area contributed by atoms with Crippen molar-refractivity contribution in [1.82, 2.24) is 4.98 Å². The number of aromatic nitrogens is 1. The Bertz CT molecular complexity index is 601. The predicted octanol–water partition coefficient (Wildman–Crippen LogP) is 4.04. The number of nitrogens with zero attached hydrogens (tertiary/aromatic N) is 2. The van der Waals surface area contributed by atoms with Gasteiger partial charge in [0, 0.05) is 24.8 Å². The van der Waals surface area contributed by atoms with E-state index >= 15 is 0 Å². The van der Waals surface area contributed by atoms with Gasteiger partial charge < -0.3 is 10.6 Å². The van der Waals surface area contributed by atoms with Gasteiger partial charge in [0.1, 0.15) is 5.82 Å². The second kappa shape index (κ2) is 6.44. The van der Waals surface area contributed by atoms with Crippen LogP contribution in [-0.2, 0) is 6.54 Å². The zero-order valence-corrected chi connectivity index (χ0v) is 13.0. The third kappa shape index (κ3) is 3.06. The molecule has 2 aromatic rings. The van der Waals surface area contributed by atoms with Gasteiger partial charge in [-0.05, 0) is 30.2 Å². The summed E-state index contributed by atoms with van der Waals surface area (Å²) in [5.41, 5.74) is 7.62. The van der Waals surface area contributed by atoms with Crippen molar-refractivity contribution in [1.29, 1.82) is 0 Å². The van der Waals surface area contributed by atoms with Crippen LogP contribution < -0.4 is 10.6 Å². The van der Waals surface area contributed by atoms with Crippen molar-refractivity contribution >= 4 is 29.0 Å². The molecule has 1 aromatic carbocycles. The molecule has 0 saturated heterocycles. The molecule has 2 rings (SSSR count). The summed E-state index contributed by atoms with van der Waals surface area (Å²) in [5, 5.41) is 1.34. The van der Waals surface area contributed by atoms with Crippen LogP contribution in [0.4, 0.5) is 5.82 Å². The molecule has 20 heavy (non-hydrogen) atoms. The fraction of sp³-hybridized carbons (Fsp3) is 0.267. The number of hydrogen-bond acceptors (Lipinski definition) is 3. The molecule has 0 spiro atoms. The topological polar surface area (TPSA) is 42.1 Å². The normalized spacial score (nSPS) is 12.2. The van der Waals surface area contributed by atoms with E-state index in [-0.39, 0.29) is 6.04 Å². The molecule has 0 fully saturated rings. The lowest BCUT2D eigenvalue weighted by Gasteiger charge is -2.27. The number of hydrogen-bond donors (Lipinski definition) is 1. The Morgan fingerprint density at radius 3 is 2.60 bits per heavy atom. The molecule has 0 amide bonds.